The summed E-state index contributed by atoms with van der Waals surface area (Å²) in [6.07, 6.45) is 6.23. The molecule has 0 bridgehead atoms. The van der Waals surface area contributed by atoms with Crippen molar-refractivity contribution < 1.29 is 4.79 Å². The van der Waals surface area contributed by atoms with Crippen LogP contribution in [0.15, 0.2) is 0 Å². The maximum Gasteiger partial charge on any atom is 0.228 e. The van der Waals surface area contributed by atoms with Crippen LogP contribution in [0.2, 0.25) is 0 Å². The molecule has 1 fully saturated rings. The molecular formula is C13H26N2OS. The van der Waals surface area contributed by atoms with Gasteiger partial charge in [0.15, 0.2) is 0 Å². The smallest absolute Gasteiger partial charge is 0.228 e. The summed E-state index contributed by atoms with van der Waals surface area (Å²) >= 11 is 1.80. The third-order valence-electron chi connectivity index (χ3n) is 3.72. The third-order valence-corrected chi connectivity index (χ3v) is 4.31. The zero-order valence-corrected chi connectivity index (χ0v) is 12.2. The van der Waals surface area contributed by atoms with Crippen LogP contribution in [0.1, 0.15) is 32.6 Å². The largest absolute Gasteiger partial charge is 0.344 e. The summed E-state index contributed by atoms with van der Waals surface area (Å²) in [6, 6.07) is 0. The van der Waals surface area contributed by atoms with Crippen molar-refractivity contribution in [3.05, 3.63) is 0 Å². The first-order chi connectivity index (χ1) is 8.16. The van der Waals surface area contributed by atoms with E-state index in [1.165, 1.54) is 0 Å². The molecule has 0 radical (unpaired) electrons. The highest BCUT2D eigenvalue weighted by Crippen LogP contribution is 2.35. The minimum absolute atomic E-state index is 0.0762. The predicted molar refractivity (Wildman–Crippen MR) is 75.5 cm³/mol. The van der Waals surface area contributed by atoms with Crippen LogP contribution in [-0.4, -0.2) is 49.5 Å². The van der Waals surface area contributed by atoms with Crippen LogP contribution in [0, 0.1) is 5.41 Å². The van der Waals surface area contributed by atoms with Gasteiger partial charge < -0.3 is 10.2 Å². The third kappa shape index (κ3) is 3.88. The Bertz CT molecular complexity index is 234. The van der Waals surface area contributed by atoms with Gasteiger partial charge in [0.25, 0.3) is 0 Å². The highest BCUT2D eigenvalue weighted by Gasteiger charge is 2.39. The highest BCUT2D eigenvalue weighted by atomic mass is 32.2. The molecule has 0 aromatic carbocycles. The Morgan fingerprint density at radius 2 is 2.06 bits per heavy atom. The van der Waals surface area contributed by atoms with Gasteiger partial charge in [-0.25, -0.2) is 0 Å². The molecule has 0 atom stereocenters. The predicted octanol–water partition coefficient (Wildman–Crippen LogP) is 1.98. The van der Waals surface area contributed by atoms with E-state index in [0.29, 0.717) is 5.91 Å². The molecule has 0 spiro atoms. The second-order valence-electron chi connectivity index (χ2n) is 5.00. The number of carbonyl (C=O) groups excluding carboxylic acids is 1. The fourth-order valence-electron chi connectivity index (χ4n) is 2.69. The van der Waals surface area contributed by atoms with E-state index < -0.39 is 0 Å². The van der Waals surface area contributed by atoms with Crippen LogP contribution in [0.25, 0.3) is 0 Å². The lowest BCUT2D eigenvalue weighted by molar-refractivity contribution is -0.142. The molecule has 1 aliphatic heterocycles. The number of nitrogens with zero attached hydrogens (tertiary/aromatic N) is 1. The van der Waals surface area contributed by atoms with E-state index >= 15 is 0 Å². The Morgan fingerprint density at radius 3 is 2.59 bits per heavy atom. The van der Waals surface area contributed by atoms with E-state index in [1.807, 2.05) is 11.9 Å². The number of rotatable bonds is 6. The van der Waals surface area contributed by atoms with E-state index in [4.69, 9.17) is 0 Å². The summed E-state index contributed by atoms with van der Waals surface area (Å²) in [5.74, 6) is 1.40. The molecule has 0 unspecified atom stereocenters. The maximum absolute atomic E-state index is 12.6. The number of hydrogen-bond acceptors (Lipinski definition) is 3. The molecule has 100 valence electrons. The van der Waals surface area contributed by atoms with Crippen LogP contribution in [0.4, 0.5) is 0 Å². The first kappa shape index (κ1) is 14.8. The Morgan fingerprint density at radius 1 is 1.41 bits per heavy atom. The van der Waals surface area contributed by atoms with Crippen molar-refractivity contribution in [3.8, 4) is 0 Å². The van der Waals surface area contributed by atoms with Gasteiger partial charge in [-0.15, -0.1) is 0 Å². The van der Waals surface area contributed by atoms with Crippen molar-refractivity contribution in [1.82, 2.24) is 10.2 Å². The van der Waals surface area contributed by atoms with Crippen molar-refractivity contribution in [2.24, 2.45) is 5.41 Å². The van der Waals surface area contributed by atoms with Crippen LogP contribution < -0.4 is 5.32 Å². The van der Waals surface area contributed by atoms with Gasteiger partial charge in [-0.3, -0.25) is 4.79 Å². The van der Waals surface area contributed by atoms with Crippen molar-refractivity contribution in [1.29, 1.82) is 0 Å². The fraction of sp³-hybridized carbons (Fsp3) is 0.923. The summed E-state index contributed by atoms with van der Waals surface area (Å²) in [4.78, 5) is 14.5. The molecule has 1 N–H and O–H groups in total. The van der Waals surface area contributed by atoms with Crippen LogP contribution in [0.3, 0.4) is 0 Å². The number of nitrogens with one attached hydrogen (secondary N) is 1. The average molecular weight is 258 g/mol. The van der Waals surface area contributed by atoms with Crippen molar-refractivity contribution in [2.45, 2.75) is 32.6 Å². The molecule has 0 aliphatic carbocycles. The van der Waals surface area contributed by atoms with Crippen molar-refractivity contribution in [2.75, 3.05) is 38.7 Å². The van der Waals surface area contributed by atoms with E-state index in [9.17, 15) is 4.79 Å². The molecule has 1 rings (SSSR count). The van der Waals surface area contributed by atoms with Gasteiger partial charge in [-0.05, 0) is 38.6 Å². The molecule has 0 aromatic heterocycles. The van der Waals surface area contributed by atoms with Crippen molar-refractivity contribution >= 4 is 17.7 Å². The standard InChI is InChI=1S/C13H26N2OS/c1-4-5-13(6-8-14-9-7-13)12(16)15(2)10-11-17-3/h14H,4-11H2,1-3H3. The molecule has 0 saturated carbocycles. The summed E-state index contributed by atoms with van der Waals surface area (Å²) in [5, 5.41) is 3.36. The van der Waals surface area contributed by atoms with E-state index in [-0.39, 0.29) is 5.41 Å². The Hall–Kier alpha value is -0.220. The van der Waals surface area contributed by atoms with Gasteiger partial charge in [0, 0.05) is 19.3 Å². The Labute approximate surface area is 110 Å². The Kier molecular flexibility index (Phi) is 6.34. The number of thioether (sulfide) groups is 1. The number of hydrogen-bond donors (Lipinski definition) is 1. The number of amides is 1. The minimum atomic E-state index is -0.0762. The Balaban J connectivity index is 2.65. The molecule has 1 aliphatic rings. The second-order valence-corrected chi connectivity index (χ2v) is 5.99. The lowest BCUT2D eigenvalue weighted by atomic mass is 9.74. The first-order valence-electron chi connectivity index (χ1n) is 6.61. The topological polar surface area (TPSA) is 32.3 Å². The maximum atomic E-state index is 12.6. The minimum Gasteiger partial charge on any atom is -0.344 e. The van der Waals surface area contributed by atoms with Gasteiger partial charge in [-0.2, -0.15) is 11.8 Å². The molecular weight excluding hydrogens is 232 g/mol. The molecule has 1 heterocycles. The molecule has 3 nitrogen and oxygen atoms in total. The van der Waals surface area contributed by atoms with Crippen LogP contribution >= 0.6 is 11.8 Å². The first-order valence-corrected chi connectivity index (χ1v) is 8.01. The molecule has 1 saturated heterocycles. The van der Waals surface area contributed by atoms with Crippen molar-refractivity contribution in [3.63, 3.8) is 0 Å². The normalized spacial score (nSPS) is 19.0. The molecule has 1 amide bonds. The molecule has 17 heavy (non-hydrogen) atoms. The molecule has 0 aromatic rings. The zero-order chi connectivity index (χ0) is 12.7. The van der Waals surface area contributed by atoms with Gasteiger partial charge in [0.05, 0.1) is 5.41 Å². The van der Waals surface area contributed by atoms with E-state index in [1.54, 1.807) is 11.8 Å². The van der Waals surface area contributed by atoms with Crippen LogP contribution in [0.5, 0.6) is 0 Å². The van der Waals surface area contributed by atoms with Gasteiger partial charge in [-0.1, -0.05) is 13.3 Å². The number of piperidine rings is 1. The van der Waals surface area contributed by atoms with E-state index in [2.05, 4.69) is 18.5 Å². The lowest BCUT2D eigenvalue weighted by Crippen LogP contribution is -2.48. The second kappa shape index (κ2) is 7.27. The molecule has 4 heteroatoms. The van der Waals surface area contributed by atoms with Gasteiger partial charge >= 0.3 is 0 Å². The SMILES string of the molecule is CCCC1(C(=O)N(C)CCSC)CCNCC1. The summed E-state index contributed by atoms with van der Waals surface area (Å²) < 4.78 is 0. The monoisotopic (exact) mass is 258 g/mol. The lowest BCUT2D eigenvalue weighted by Gasteiger charge is -2.39. The van der Waals surface area contributed by atoms with Gasteiger partial charge in [0.2, 0.25) is 5.91 Å². The summed E-state index contributed by atoms with van der Waals surface area (Å²) in [6.45, 7) is 5.03. The van der Waals surface area contributed by atoms with Crippen LogP contribution in [-0.2, 0) is 4.79 Å². The summed E-state index contributed by atoms with van der Waals surface area (Å²) in [7, 11) is 1.96. The summed E-state index contributed by atoms with van der Waals surface area (Å²) in [5.41, 5.74) is -0.0762. The quantitative estimate of drug-likeness (QED) is 0.790. The highest BCUT2D eigenvalue weighted by molar-refractivity contribution is 7.98. The average Bonchev–Trinajstić information content (AvgIpc) is 2.36. The van der Waals surface area contributed by atoms with Gasteiger partial charge in [0.1, 0.15) is 0 Å². The van der Waals surface area contributed by atoms with E-state index in [0.717, 1.165) is 51.1 Å². The number of carbonyl (C=O) groups is 1. The fourth-order valence-corrected chi connectivity index (χ4v) is 3.15. The zero-order valence-electron chi connectivity index (χ0n) is 11.4.